The highest BCUT2D eigenvalue weighted by molar-refractivity contribution is 5.30. The summed E-state index contributed by atoms with van der Waals surface area (Å²) in [6, 6.07) is 21.6. The van der Waals surface area contributed by atoms with E-state index in [2.05, 4.69) is 79.4 Å². The molecule has 1 nitrogen and oxygen atoms in total. The molecule has 2 aliphatic heterocycles. The second-order valence-corrected chi connectivity index (χ2v) is 8.41. The molecular formula is C25H31N. The zero-order valence-corrected chi connectivity index (χ0v) is 16.2. The van der Waals surface area contributed by atoms with E-state index in [1.165, 1.54) is 42.4 Å². The van der Waals surface area contributed by atoms with Crippen LogP contribution < -0.4 is 0 Å². The molecule has 0 aromatic heterocycles. The largest absolute Gasteiger partial charge is 0.289 e. The van der Waals surface area contributed by atoms with Gasteiger partial charge in [0, 0.05) is 18.6 Å². The van der Waals surface area contributed by atoms with Gasteiger partial charge >= 0.3 is 0 Å². The molecule has 0 N–H and O–H groups in total. The van der Waals surface area contributed by atoms with Crippen LogP contribution in [0.25, 0.3) is 0 Å². The summed E-state index contributed by atoms with van der Waals surface area (Å²) in [6.07, 6.45) is 9.02. The maximum Gasteiger partial charge on any atom is 0.0287 e. The van der Waals surface area contributed by atoms with Crippen molar-refractivity contribution in [1.82, 2.24) is 4.90 Å². The molecule has 26 heavy (non-hydrogen) atoms. The molecule has 0 spiro atoms. The average molecular weight is 346 g/mol. The smallest absolute Gasteiger partial charge is 0.0287 e. The van der Waals surface area contributed by atoms with Crippen LogP contribution in [0.4, 0.5) is 0 Å². The van der Waals surface area contributed by atoms with Crippen LogP contribution in [0.3, 0.4) is 0 Å². The van der Waals surface area contributed by atoms with E-state index < -0.39 is 0 Å². The Morgan fingerprint density at radius 3 is 2.38 bits per heavy atom. The summed E-state index contributed by atoms with van der Waals surface area (Å²) in [6.45, 7) is 5.63. The van der Waals surface area contributed by atoms with Crippen molar-refractivity contribution in [3.63, 3.8) is 0 Å². The normalized spacial score (nSPS) is 23.1. The lowest BCUT2D eigenvalue weighted by Crippen LogP contribution is -2.48. The molecule has 2 aromatic rings. The molecule has 2 aliphatic rings. The topological polar surface area (TPSA) is 3.24 Å². The fraction of sp³-hybridized carbons (Fsp3) is 0.440. The summed E-state index contributed by atoms with van der Waals surface area (Å²) >= 11 is 0. The lowest BCUT2D eigenvalue weighted by Gasteiger charge is -2.45. The summed E-state index contributed by atoms with van der Waals surface area (Å²) < 4.78 is 0. The number of hydrogen-bond donors (Lipinski definition) is 0. The van der Waals surface area contributed by atoms with Crippen molar-refractivity contribution in [1.29, 1.82) is 0 Å². The number of benzene rings is 2. The third-order valence-electron chi connectivity index (χ3n) is 6.14. The van der Waals surface area contributed by atoms with Crippen molar-refractivity contribution in [2.45, 2.75) is 70.5 Å². The quantitative estimate of drug-likeness (QED) is 0.591. The van der Waals surface area contributed by atoms with E-state index in [-0.39, 0.29) is 0 Å². The van der Waals surface area contributed by atoms with Crippen molar-refractivity contribution in [3.05, 3.63) is 82.9 Å². The summed E-state index contributed by atoms with van der Waals surface area (Å²) in [5.41, 5.74) is 6.01. The third-order valence-corrected chi connectivity index (χ3v) is 6.14. The first kappa shape index (κ1) is 17.5. The number of rotatable bonds is 5. The Kier molecular flexibility index (Phi) is 5.26. The number of nitrogens with zero attached hydrogens (tertiary/aromatic N) is 1. The van der Waals surface area contributed by atoms with Gasteiger partial charge in [0.1, 0.15) is 0 Å². The maximum atomic E-state index is 2.75. The van der Waals surface area contributed by atoms with Crippen LogP contribution in [0, 0.1) is 0 Å². The highest BCUT2D eigenvalue weighted by Crippen LogP contribution is 2.35. The molecule has 2 bridgehead atoms. The van der Waals surface area contributed by atoms with Crippen molar-refractivity contribution in [3.8, 4) is 0 Å². The molecule has 2 heterocycles. The molecule has 1 saturated heterocycles. The highest BCUT2D eigenvalue weighted by atomic mass is 15.2. The molecule has 0 radical (unpaired) electrons. The van der Waals surface area contributed by atoms with Crippen LogP contribution in [-0.2, 0) is 13.0 Å². The van der Waals surface area contributed by atoms with E-state index in [4.69, 9.17) is 0 Å². The van der Waals surface area contributed by atoms with Gasteiger partial charge in [-0.3, -0.25) is 4.90 Å². The number of fused-ring (bicyclic) bond motifs is 2. The van der Waals surface area contributed by atoms with Crippen LogP contribution >= 0.6 is 0 Å². The number of hydrogen-bond acceptors (Lipinski definition) is 1. The molecule has 0 aliphatic carbocycles. The minimum atomic E-state index is 0.615. The van der Waals surface area contributed by atoms with Crippen molar-refractivity contribution < 1.29 is 0 Å². The molecule has 2 atom stereocenters. The monoisotopic (exact) mass is 345 g/mol. The van der Waals surface area contributed by atoms with E-state index in [1.807, 2.05) is 0 Å². The Morgan fingerprint density at radius 1 is 0.923 bits per heavy atom. The predicted molar refractivity (Wildman–Crippen MR) is 110 cm³/mol. The van der Waals surface area contributed by atoms with Gasteiger partial charge in [-0.2, -0.15) is 0 Å². The van der Waals surface area contributed by atoms with E-state index in [0.29, 0.717) is 12.0 Å². The fourth-order valence-corrected chi connectivity index (χ4v) is 4.66. The lowest BCUT2D eigenvalue weighted by atomic mass is 9.82. The first-order valence-electron chi connectivity index (χ1n) is 10.3. The van der Waals surface area contributed by atoms with Crippen LogP contribution in [-0.4, -0.2) is 17.0 Å². The Bertz CT molecular complexity index is 741. The third kappa shape index (κ3) is 3.94. The van der Waals surface area contributed by atoms with Crippen LogP contribution in [0.1, 0.15) is 62.1 Å². The van der Waals surface area contributed by atoms with Gasteiger partial charge in [0.05, 0.1) is 0 Å². The Labute approximate surface area is 158 Å². The van der Waals surface area contributed by atoms with E-state index in [0.717, 1.165) is 19.0 Å². The minimum absolute atomic E-state index is 0.615. The fourth-order valence-electron chi connectivity index (χ4n) is 4.66. The predicted octanol–water partition coefficient (Wildman–Crippen LogP) is 6.11. The van der Waals surface area contributed by atoms with Gasteiger partial charge in [0.15, 0.2) is 0 Å². The zero-order chi connectivity index (χ0) is 17.9. The van der Waals surface area contributed by atoms with Gasteiger partial charge < -0.3 is 0 Å². The average Bonchev–Trinajstić information content (AvgIpc) is 2.64. The molecule has 2 aromatic carbocycles. The lowest BCUT2D eigenvalue weighted by molar-refractivity contribution is 0.0880. The summed E-state index contributed by atoms with van der Waals surface area (Å²) in [4.78, 5) is 2.75. The van der Waals surface area contributed by atoms with Crippen molar-refractivity contribution in [2.75, 3.05) is 0 Å². The van der Waals surface area contributed by atoms with Gasteiger partial charge in [-0.1, -0.05) is 86.5 Å². The standard InChI is InChI=1S/C25H31N/c1-19(2)23-13-11-20(12-14-23)15-22-16-24-9-6-10-25(17-22)26(24)18-21-7-4-3-5-8-21/h3-5,7-8,11-14,16,19,24-25H,6,9-10,15,17-18H2,1-2H3. The van der Waals surface area contributed by atoms with E-state index in [9.17, 15) is 0 Å². The van der Waals surface area contributed by atoms with Gasteiger partial charge in [-0.15, -0.1) is 0 Å². The summed E-state index contributed by atoms with van der Waals surface area (Å²) in [5.74, 6) is 0.615. The minimum Gasteiger partial charge on any atom is -0.289 e. The molecule has 0 saturated carbocycles. The van der Waals surface area contributed by atoms with Crippen LogP contribution in [0.5, 0.6) is 0 Å². The summed E-state index contributed by atoms with van der Waals surface area (Å²) in [7, 11) is 0. The number of piperidine rings is 1. The van der Waals surface area contributed by atoms with Crippen LogP contribution in [0.15, 0.2) is 66.2 Å². The SMILES string of the molecule is CC(C)c1ccc(CC2=CC3CCCC(C2)N3Cc2ccccc2)cc1. The van der Waals surface area contributed by atoms with Crippen molar-refractivity contribution >= 4 is 0 Å². The van der Waals surface area contributed by atoms with E-state index >= 15 is 0 Å². The van der Waals surface area contributed by atoms with Gasteiger partial charge in [-0.05, 0) is 48.3 Å². The Morgan fingerprint density at radius 2 is 1.69 bits per heavy atom. The molecule has 4 rings (SSSR count). The van der Waals surface area contributed by atoms with Gasteiger partial charge in [0.2, 0.25) is 0 Å². The maximum absolute atomic E-state index is 2.75. The summed E-state index contributed by atoms with van der Waals surface area (Å²) in [5, 5.41) is 0. The first-order chi connectivity index (χ1) is 12.7. The molecule has 2 unspecified atom stereocenters. The van der Waals surface area contributed by atoms with Gasteiger partial charge in [0.25, 0.3) is 0 Å². The molecule has 0 amide bonds. The Hall–Kier alpha value is -1.86. The van der Waals surface area contributed by atoms with Gasteiger partial charge in [-0.25, -0.2) is 0 Å². The second-order valence-electron chi connectivity index (χ2n) is 8.41. The first-order valence-corrected chi connectivity index (χ1v) is 10.3. The van der Waals surface area contributed by atoms with Crippen molar-refractivity contribution in [2.24, 2.45) is 0 Å². The molecule has 1 heteroatoms. The zero-order valence-electron chi connectivity index (χ0n) is 16.2. The van der Waals surface area contributed by atoms with Crippen LogP contribution in [0.2, 0.25) is 0 Å². The Balaban J connectivity index is 1.47. The second kappa shape index (κ2) is 7.80. The highest BCUT2D eigenvalue weighted by Gasteiger charge is 2.33. The molecule has 136 valence electrons. The van der Waals surface area contributed by atoms with E-state index in [1.54, 1.807) is 5.57 Å². The molecular weight excluding hydrogens is 314 g/mol. The molecule has 1 fully saturated rings.